The number of benzene rings is 2. The van der Waals surface area contributed by atoms with Crippen LogP contribution >= 0.6 is 0 Å². The normalized spacial score (nSPS) is 16.8. The molecule has 1 heterocycles. The van der Waals surface area contributed by atoms with Gasteiger partial charge in [-0.2, -0.15) is 0 Å². The van der Waals surface area contributed by atoms with Crippen molar-refractivity contribution in [3.05, 3.63) is 59.2 Å². The van der Waals surface area contributed by atoms with Gasteiger partial charge in [-0.15, -0.1) is 0 Å². The molecule has 0 bridgehead atoms. The highest BCUT2D eigenvalue weighted by molar-refractivity contribution is 7.89. The van der Waals surface area contributed by atoms with E-state index in [1.54, 1.807) is 19.1 Å². The van der Waals surface area contributed by atoms with E-state index in [0.29, 0.717) is 18.7 Å². The lowest BCUT2D eigenvalue weighted by Crippen LogP contribution is -2.26. The summed E-state index contributed by atoms with van der Waals surface area (Å²) in [6.07, 6.45) is 0.632. The maximum atomic E-state index is 12.5. The van der Waals surface area contributed by atoms with Crippen LogP contribution in [0.3, 0.4) is 0 Å². The molecule has 3 rings (SSSR count). The third-order valence-corrected chi connectivity index (χ3v) is 5.86. The molecule has 0 aromatic heterocycles. The van der Waals surface area contributed by atoms with Gasteiger partial charge in [0.1, 0.15) is 0 Å². The highest BCUT2D eigenvalue weighted by atomic mass is 32.2. The highest BCUT2D eigenvalue weighted by Gasteiger charge is 2.28. The standard InChI is InChI=1S/C18H20N2O3S/c1-12-5-3-4-6-14(12)9-10-19-24(22,23)15-7-8-17-16(11-15)13(2)18(21)20-17/h3-8,11,13,19H,9-10H2,1-2H3,(H,20,21)/t13-/m0/s1. The molecule has 0 fully saturated rings. The molecule has 2 N–H and O–H groups in total. The average Bonchev–Trinajstić information content (AvgIpc) is 2.83. The van der Waals surface area contributed by atoms with Crippen molar-refractivity contribution in [1.82, 2.24) is 4.72 Å². The summed E-state index contributed by atoms with van der Waals surface area (Å²) in [6.45, 7) is 4.11. The van der Waals surface area contributed by atoms with Gasteiger partial charge < -0.3 is 5.32 Å². The van der Waals surface area contributed by atoms with Gasteiger partial charge in [0.2, 0.25) is 15.9 Å². The summed E-state index contributed by atoms with van der Waals surface area (Å²) in [5, 5.41) is 2.74. The summed E-state index contributed by atoms with van der Waals surface area (Å²) >= 11 is 0. The Bertz CT molecular complexity index is 891. The van der Waals surface area contributed by atoms with Gasteiger partial charge in [-0.1, -0.05) is 24.3 Å². The molecule has 0 saturated heterocycles. The third-order valence-electron chi connectivity index (χ3n) is 4.40. The molecule has 0 radical (unpaired) electrons. The molecular formula is C18H20N2O3S. The molecule has 5 nitrogen and oxygen atoms in total. The van der Waals surface area contributed by atoms with Gasteiger partial charge in [-0.25, -0.2) is 13.1 Å². The molecule has 1 aliphatic heterocycles. The predicted molar refractivity (Wildman–Crippen MR) is 93.6 cm³/mol. The van der Waals surface area contributed by atoms with Gasteiger partial charge in [-0.3, -0.25) is 4.79 Å². The van der Waals surface area contributed by atoms with E-state index in [1.165, 1.54) is 6.07 Å². The van der Waals surface area contributed by atoms with E-state index in [-0.39, 0.29) is 16.7 Å². The van der Waals surface area contributed by atoms with Crippen LogP contribution in [0.15, 0.2) is 47.4 Å². The molecule has 0 saturated carbocycles. The number of carbonyl (C=O) groups is 1. The number of aryl methyl sites for hydroxylation is 1. The minimum absolute atomic E-state index is 0.105. The molecule has 0 spiro atoms. The lowest BCUT2D eigenvalue weighted by atomic mass is 10.0. The zero-order valence-electron chi connectivity index (χ0n) is 13.7. The highest BCUT2D eigenvalue weighted by Crippen LogP contribution is 2.33. The Morgan fingerprint density at radius 1 is 1.17 bits per heavy atom. The fourth-order valence-electron chi connectivity index (χ4n) is 2.86. The van der Waals surface area contributed by atoms with Crippen molar-refractivity contribution in [1.29, 1.82) is 0 Å². The molecule has 126 valence electrons. The Morgan fingerprint density at radius 2 is 1.92 bits per heavy atom. The number of amides is 1. The van der Waals surface area contributed by atoms with Crippen LogP contribution in [0.2, 0.25) is 0 Å². The summed E-state index contributed by atoms with van der Waals surface area (Å²) in [7, 11) is -3.59. The summed E-state index contributed by atoms with van der Waals surface area (Å²) in [6, 6.07) is 12.7. The predicted octanol–water partition coefficient (Wildman–Crippen LogP) is 2.57. The van der Waals surface area contributed by atoms with Crippen LogP contribution in [-0.4, -0.2) is 20.9 Å². The molecule has 1 amide bonds. The maximum absolute atomic E-state index is 12.5. The summed E-state index contributed by atoms with van der Waals surface area (Å²) < 4.78 is 27.6. The van der Waals surface area contributed by atoms with E-state index in [2.05, 4.69) is 10.0 Å². The van der Waals surface area contributed by atoms with E-state index in [9.17, 15) is 13.2 Å². The van der Waals surface area contributed by atoms with E-state index in [0.717, 1.165) is 16.7 Å². The van der Waals surface area contributed by atoms with Gasteiger partial charge in [0.25, 0.3) is 0 Å². The van der Waals surface area contributed by atoms with Crippen molar-refractivity contribution in [2.45, 2.75) is 31.1 Å². The van der Waals surface area contributed by atoms with E-state index in [1.807, 2.05) is 31.2 Å². The monoisotopic (exact) mass is 344 g/mol. The number of carbonyl (C=O) groups excluding carboxylic acids is 1. The Balaban J connectivity index is 1.73. The van der Waals surface area contributed by atoms with Crippen molar-refractivity contribution in [3.8, 4) is 0 Å². The zero-order valence-corrected chi connectivity index (χ0v) is 14.5. The first-order valence-electron chi connectivity index (χ1n) is 7.87. The smallest absolute Gasteiger partial charge is 0.240 e. The first kappa shape index (κ1) is 16.7. The number of anilines is 1. The largest absolute Gasteiger partial charge is 0.325 e. The van der Waals surface area contributed by atoms with Crippen LogP contribution < -0.4 is 10.0 Å². The molecule has 2 aromatic rings. The lowest BCUT2D eigenvalue weighted by Gasteiger charge is -2.10. The molecular weight excluding hydrogens is 324 g/mol. The number of fused-ring (bicyclic) bond motifs is 1. The average molecular weight is 344 g/mol. The molecule has 0 unspecified atom stereocenters. The first-order chi connectivity index (χ1) is 11.4. The quantitative estimate of drug-likeness (QED) is 0.875. The number of sulfonamides is 1. The Hall–Kier alpha value is -2.18. The number of nitrogens with one attached hydrogen (secondary N) is 2. The summed E-state index contributed by atoms with van der Waals surface area (Å²) in [5.74, 6) is -0.436. The van der Waals surface area contributed by atoms with Crippen molar-refractivity contribution in [2.75, 3.05) is 11.9 Å². The van der Waals surface area contributed by atoms with Crippen molar-refractivity contribution < 1.29 is 13.2 Å². The van der Waals surface area contributed by atoms with E-state index >= 15 is 0 Å². The van der Waals surface area contributed by atoms with Gasteiger partial charge in [0.15, 0.2) is 0 Å². The molecule has 1 aliphatic rings. The minimum atomic E-state index is -3.59. The van der Waals surface area contributed by atoms with Gasteiger partial charge >= 0.3 is 0 Å². The molecule has 1 atom stereocenters. The zero-order chi connectivity index (χ0) is 17.3. The fraction of sp³-hybridized carbons (Fsp3) is 0.278. The first-order valence-corrected chi connectivity index (χ1v) is 9.36. The fourth-order valence-corrected chi connectivity index (χ4v) is 3.92. The second kappa shape index (κ2) is 6.37. The van der Waals surface area contributed by atoms with Gasteiger partial charge in [0.05, 0.1) is 10.8 Å². The number of hydrogen-bond acceptors (Lipinski definition) is 3. The van der Waals surface area contributed by atoms with Crippen molar-refractivity contribution in [2.24, 2.45) is 0 Å². The Labute approximate surface area is 142 Å². The summed E-state index contributed by atoms with van der Waals surface area (Å²) in [5.41, 5.74) is 3.68. The van der Waals surface area contributed by atoms with Crippen LogP contribution in [0.5, 0.6) is 0 Å². The second-order valence-electron chi connectivity index (χ2n) is 6.03. The maximum Gasteiger partial charge on any atom is 0.240 e. The van der Waals surface area contributed by atoms with Crippen LogP contribution in [0.1, 0.15) is 29.5 Å². The summed E-state index contributed by atoms with van der Waals surface area (Å²) in [4.78, 5) is 11.9. The van der Waals surface area contributed by atoms with Crippen molar-refractivity contribution in [3.63, 3.8) is 0 Å². The molecule has 2 aromatic carbocycles. The Kier molecular flexibility index (Phi) is 4.43. The van der Waals surface area contributed by atoms with Gasteiger partial charge in [0, 0.05) is 12.2 Å². The third kappa shape index (κ3) is 3.20. The van der Waals surface area contributed by atoms with E-state index in [4.69, 9.17) is 0 Å². The van der Waals surface area contributed by atoms with Crippen LogP contribution in [0, 0.1) is 6.92 Å². The molecule has 6 heteroatoms. The second-order valence-corrected chi connectivity index (χ2v) is 7.80. The minimum Gasteiger partial charge on any atom is -0.325 e. The van der Waals surface area contributed by atoms with Crippen molar-refractivity contribution >= 4 is 21.6 Å². The van der Waals surface area contributed by atoms with E-state index < -0.39 is 10.0 Å². The molecule has 24 heavy (non-hydrogen) atoms. The number of rotatable bonds is 5. The van der Waals surface area contributed by atoms with Crippen LogP contribution in [0.4, 0.5) is 5.69 Å². The number of hydrogen-bond donors (Lipinski definition) is 2. The SMILES string of the molecule is Cc1ccccc1CCNS(=O)(=O)c1ccc2c(c1)[C@H](C)C(=O)N2. The lowest BCUT2D eigenvalue weighted by molar-refractivity contribution is -0.116. The topological polar surface area (TPSA) is 75.3 Å². The van der Waals surface area contributed by atoms with Crippen LogP contribution in [-0.2, 0) is 21.2 Å². The van der Waals surface area contributed by atoms with Crippen LogP contribution in [0.25, 0.3) is 0 Å². The Morgan fingerprint density at radius 3 is 2.67 bits per heavy atom. The molecule has 0 aliphatic carbocycles. The van der Waals surface area contributed by atoms with Gasteiger partial charge in [-0.05, 0) is 55.2 Å².